The molecule has 1 rings (SSSR count). The van der Waals surface area contributed by atoms with Crippen molar-refractivity contribution in [1.82, 2.24) is 0 Å². The van der Waals surface area contributed by atoms with Gasteiger partial charge in [-0.3, -0.25) is 0 Å². The summed E-state index contributed by atoms with van der Waals surface area (Å²) in [7, 11) is -0.914. The van der Waals surface area contributed by atoms with Gasteiger partial charge < -0.3 is 23.5 Å². The van der Waals surface area contributed by atoms with E-state index in [9.17, 15) is 0 Å². The molecule has 0 N–H and O–H groups in total. The van der Waals surface area contributed by atoms with Crippen molar-refractivity contribution in [2.24, 2.45) is 0 Å². The molecule has 0 aliphatic carbocycles. The van der Waals surface area contributed by atoms with Crippen LogP contribution in [0.2, 0.25) is 19.6 Å². The average molecular weight is 494 g/mol. The Balaban J connectivity index is 0. The molecule has 1 heterocycles. The minimum absolute atomic E-state index is 0. The van der Waals surface area contributed by atoms with Gasteiger partial charge in [-0.1, -0.05) is 72.9 Å². The van der Waals surface area contributed by atoms with Crippen molar-refractivity contribution in [1.29, 1.82) is 0 Å². The van der Waals surface area contributed by atoms with E-state index in [-0.39, 0.29) is 18.9 Å². The fourth-order valence-electron chi connectivity index (χ4n) is 0.914. The third kappa shape index (κ3) is 12.0. The van der Waals surface area contributed by atoms with Gasteiger partial charge in [0, 0.05) is 8.86 Å². The second kappa shape index (κ2) is 13.0. The second-order valence-corrected chi connectivity index (χ2v) is 14.7. The van der Waals surface area contributed by atoms with Crippen LogP contribution in [0.25, 0.3) is 0 Å². The summed E-state index contributed by atoms with van der Waals surface area (Å²) < 4.78 is 4.38. The summed E-state index contributed by atoms with van der Waals surface area (Å²) >= 11 is 8.99. The van der Waals surface area contributed by atoms with Crippen LogP contribution < -0.4 is 18.9 Å². The maximum atomic E-state index is 2.44. The van der Waals surface area contributed by atoms with E-state index in [1.165, 1.54) is 33.2 Å². The quantitative estimate of drug-likeness (QED) is 0.256. The van der Waals surface area contributed by atoms with Crippen LogP contribution in [0.1, 0.15) is 12.8 Å². The third-order valence-electron chi connectivity index (χ3n) is 1.63. The maximum Gasteiger partial charge on any atom is 1.00 e. The van der Waals surface area contributed by atoms with Gasteiger partial charge in [-0.25, -0.2) is 4.21 Å². The van der Waals surface area contributed by atoms with Crippen molar-refractivity contribution in [3.63, 3.8) is 0 Å². The molecular weight excluding hydrogens is 473 g/mol. The zero-order valence-corrected chi connectivity index (χ0v) is 17.8. The minimum atomic E-state index is -0.914. The van der Waals surface area contributed by atoms with Gasteiger partial charge in [0.15, 0.2) is 0 Å². The summed E-state index contributed by atoms with van der Waals surface area (Å²) in [6.07, 6.45) is 2.77. The minimum Gasteiger partial charge on any atom is -0.339 e. The monoisotopic (exact) mass is 494 g/mol. The molecular formula is C10H21I2LiS2Si. The molecule has 0 aromatic carbocycles. The van der Waals surface area contributed by atoms with Crippen LogP contribution in [-0.4, -0.2) is 28.4 Å². The summed E-state index contributed by atoms with van der Waals surface area (Å²) in [5.41, 5.74) is 0. The first-order valence-electron chi connectivity index (χ1n) is 5.27. The predicted octanol–water partition coefficient (Wildman–Crippen LogP) is 2.47. The average Bonchev–Trinajstić information content (AvgIpc) is 2.20. The van der Waals surface area contributed by atoms with E-state index in [1.807, 2.05) is 0 Å². The van der Waals surface area contributed by atoms with Gasteiger partial charge in [0.1, 0.15) is 0 Å². The first kappa shape index (κ1) is 21.3. The Morgan fingerprint density at radius 2 is 1.50 bits per heavy atom. The molecule has 0 aromatic heterocycles. The molecule has 0 amide bonds. The molecule has 1 fully saturated rings. The molecule has 1 aliphatic heterocycles. The molecule has 0 radical (unpaired) electrons. The first-order chi connectivity index (χ1) is 7.02. The van der Waals surface area contributed by atoms with Crippen LogP contribution in [0.15, 0.2) is 0 Å². The molecule has 0 bridgehead atoms. The molecule has 1 aliphatic rings. The van der Waals surface area contributed by atoms with E-state index >= 15 is 0 Å². The molecule has 0 aromatic rings. The van der Waals surface area contributed by atoms with Crippen molar-refractivity contribution >= 4 is 76.8 Å². The van der Waals surface area contributed by atoms with E-state index in [4.69, 9.17) is 0 Å². The molecule has 0 saturated carbocycles. The van der Waals surface area contributed by atoms with Crippen molar-refractivity contribution in [2.75, 3.05) is 20.4 Å². The second-order valence-electron chi connectivity index (χ2n) is 4.32. The number of hydrogen-bond donors (Lipinski definition) is 0. The summed E-state index contributed by atoms with van der Waals surface area (Å²) in [4.78, 5) is 0. The Kier molecular flexibility index (Phi) is 17.3. The molecule has 0 spiro atoms. The zero-order chi connectivity index (χ0) is 11.7. The smallest absolute Gasteiger partial charge is 0.339 e. The van der Waals surface area contributed by atoms with Crippen molar-refractivity contribution < 1.29 is 18.9 Å². The fraction of sp³-hybridized carbons (Fsp3) is 0.900. The first-order valence-corrected chi connectivity index (χ1v) is 13.8. The van der Waals surface area contributed by atoms with Gasteiger partial charge >= 0.3 is 18.9 Å². The van der Waals surface area contributed by atoms with E-state index in [0.29, 0.717) is 0 Å². The van der Waals surface area contributed by atoms with Crippen LogP contribution >= 0.6 is 68.7 Å². The third-order valence-corrected chi connectivity index (χ3v) is 11.1. The van der Waals surface area contributed by atoms with Gasteiger partial charge in [-0.05, 0) is 24.3 Å². The van der Waals surface area contributed by atoms with Gasteiger partial charge in [0.05, 0.1) is 0 Å². The van der Waals surface area contributed by atoms with Gasteiger partial charge in [0.25, 0.3) is 0 Å². The Bertz CT molecular complexity index is 148. The maximum absolute atomic E-state index is 2.44. The number of thioether (sulfide) groups is 2. The van der Waals surface area contributed by atoms with Crippen LogP contribution in [0.5, 0.6) is 0 Å². The van der Waals surface area contributed by atoms with Crippen molar-refractivity contribution in [3.8, 4) is 0 Å². The molecule has 1 saturated heterocycles. The van der Waals surface area contributed by atoms with Crippen LogP contribution in [0.3, 0.4) is 0 Å². The topological polar surface area (TPSA) is 0 Å². The summed E-state index contributed by atoms with van der Waals surface area (Å²) in [6.45, 7) is 7.31. The predicted molar refractivity (Wildman–Crippen MR) is 98.5 cm³/mol. The molecule has 0 nitrogen and oxygen atoms in total. The van der Waals surface area contributed by atoms with Crippen molar-refractivity contribution in [3.05, 3.63) is 4.21 Å². The van der Waals surface area contributed by atoms with E-state index in [0.717, 1.165) is 0 Å². The summed E-state index contributed by atoms with van der Waals surface area (Å²) in [6, 6.07) is 0. The standard InChI is InChI=1S/C7H15S2Si.C3H6I2.Li/c1-10(2,3)7-8-5-4-6-9-7;4-2-1-3-5;/h4-6H2,1-3H3;1-3H2;/q-1;;+1. The zero-order valence-electron chi connectivity index (χ0n) is 10.8. The Morgan fingerprint density at radius 3 is 1.69 bits per heavy atom. The van der Waals surface area contributed by atoms with Crippen LogP contribution in [0, 0.1) is 4.21 Å². The molecule has 0 unspecified atom stereocenters. The molecule has 92 valence electrons. The van der Waals surface area contributed by atoms with E-state index in [2.05, 4.69) is 88.3 Å². The largest absolute Gasteiger partial charge is 1.00 e. The Labute approximate surface area is 150 Å². The number of alkyl halides is 2. The van der Waals surface area contributed by atoms with Gasteiger partial charge in [-0.2, -0.15) is 0 Å². The number of rotatable bonds is 3. The van der Waals surface area contributed by atoms with Gasteiger partial charge in [0.2, 0.25) is 0 Å². The molecule has 0 atom stereocenters. The Morgan fingerprint density at radius 1 is 1.06 bits per heavy atom. The van der Waals surface area contributed by atoms with Crippen LogP contribution in [0.4, 0.5) is 0 Å². The number of hydrogen-bond acceptors (Lipinski definition) is 2. The van der Waals surface area contributed by atoms with Gasteiger partial charge in [-0.15, -0.1) is 0 Å². The van der Waals surface area contributed by atoms with Crippen molar-refractivity contribution in [2.45, 2.75) is 32.5 Å². The van der Waals surface area contributed by atoms with Crippen LogP contribution in [-0.2, 0) is 0 Å². The van der Waals surface area contributed by atoms with E-state index in [1.54, 1.807) is 4.21 Å². The fourth-order valence-corrected chi connectivity index (χ4v) is 9.18. The Hall–Kier alpha value is 2.97. The summed E-state index contributed by atoms with van der Waals surface area (Å²) in [5.74, 6) is 2.74. The molecule has 16 heavy (non-hydrogen) atoms. The SMILES string of the molecule is C[Si](C)(C)[C-]1SCCCS1.ICCCI.[Li+]. The molecule has 6 heteroatoms. The van der Waals surface area contributed by atoms with E-state index < -0.39 is 8.07 Å². The summed E-state index contributed by atoms with van der Waals surface area (Å²) in [5, 5.41) is 0. The normalized spacial score (nSPS) is 17.1. The number of halogens is 2.